The van der Waals surface area contributed by atoms with Crippen molar-refractivity contribution < 1.29 is 13.5 Å². The van der Waals surface area contributed by atoms with Gasteiger partial charge in [0.1, 0.15) is 0 Å². The highest BCUT2D eigenvalue weighted by Crippen LogP contribution is 2.49. The fourth-order valence-electron chi connectivity index (χ4n) is 4.09. The summed E-state index contributed by atoms with van der Waals surface area (Å²) in [6.07, 6.45) is 0. The van der Waals surface area contributed by atoms with Crippen LogP contribution in [-0.4, -0.2) is 50.1 Å². The monoisotopic (exact) mass is 344 g/mol. The Morgan fingerprint density at radius 1 is 1.08 bits per heavy atom. The molecule has 2 aliphatic rings. The van der Waals surface area contributed by atoms with Gasteiger partial charge in [-0.1, -0.05) is 36.4 Å². The van der Waals surface area contributed by atoms with Gasteiger partial charge in [-0.2, -0.15) is 4.31 Å². The number of aliphatic hydroxyl groups is 1. The predicted octanol–water partition coefficient (Wildman–Crippen LogP) is 1.65. The fraction of sp³-hybridized carbons (Fsp3) is 0.333. The van der Waals surface area contributed by atoms with Gasteiger partial charge in [-0.05, 0) is 23.8 Å². The van der Waals surface area contributed by atoms with Gasteiger partial charge >= 0.3 is 0 Å². The average molecular weight is 344 g/mol. The van der Waals surface area contributed by atoms with Crippen LogP contribution in [0.3, 0.4) is 0 Å². The first-order valence-electron chi connectivity index (χ1n) is 8.05. The van der Waals surface area contributed by atoms with Gasteiger partial charge in [0.25, 0.3) is 0 Å². The molecule has 2 aromatic rings. The Balaban J connectivity index is 1.76. The van der Waals surface area contributed by atoms with Crippen molar-refractivity contribution in [2.45, 2.75) is 22.9 Å². The van der Waals surface area contributed by atoms with Crippen molar-refractivity contribution in [2.75, 3.05) is 25.1 Å². The maximum Gasteiger partial charge on any atom is 0.243 e. The van der Waals surface area contributed by atoms with E-state index in [1.54, 1.807) is 30.3 Å². The SMILES string of the molecule is CN1C[C@@H]2[C@H](c3ccccc31)[C@@H](CO)N2S(=O)(=O)c1ccccc1. The van der Waals surface area contributed by atoms with Crippen molar-refractivity contribution >= 4 is 15.7 Å². The lowest BCUT2D eigenvalue weighted by Crippen LogP contribution is -2.69. The van der Waals surface area contributed by atoms with Crippen LogP contribution in [0.1, 0.15) is 11.5 Å². The average Bonchev–Trinajstić information content (AvgIpc) is 2.58. The van der Waals surface area contributed by atoms with Gasteiger partial charge in [0.05, 0.1) is 23.6 Å². The lowest BCUT2D eigenvalue weighted by molar-refractivity contribution is 0.0287. The van der Waals surface area contributed by atoms with E-state index in [-0.39, 0.29) is 23.5 Å². The van der Waals surface area contributed by atoms with E-state index in [0.717, 1.165) is 11.3 Å². The lowest BCUT2D eigenvalue weighted by atomic mass is 9.74. The topological polar surface area (TPSA) is 60.9 Å². The Bertz CT molecular complexity index is 854. The van der Waals surface area contributed by atoms with Gasteiger partial charge in [0.2, 0.25) is 10.0 Å². The molecule has 0 aromatic heterocycles. The second-order valence-corrected chi connectivity index (χ2v) is 8.27. The number of aliphatic hydroxyl groups excluding tert-OH is 1. The molecule has 0 bridgehead atoms. The van der Waals surface area contributed by atoms with Crippen LogP contribution in [0.5, 0.6) is 0 Å². The maximum absolute atomic E-state index is 13.1. The third-order valence-corrected chi connectivity index (χ3v) is 7.12. The molecular weight excluding hydrogens is 324 g/mol. The first-order valence-corrected chi connectivity index (χ1v) is 9.49. The number of benzene rings is 2. The summed E-state index contributed by atoms with van der Waals surface area (Å²) in [5, 5.41) is 9.88. The van der Waals surface area contributed by atoms with E-state index in [4.69, 9.17) is 0 Å². The van der Waals surface area contributed by atoms with E-state index in [0.29, 0.717) is 6.54 Å². The van der Waals surface area contributed by atoms with Crippen LogP contribution >= 0.6 is 0 Å². The number of rotatable bonds is 3. The zero-order chi connectivity index (χ0) is 16.9. The largest absolute Gasteiger partial charge is 0.395 e. The number of fused-ring (bicyclic) bond motifs is 3. The normalized spacial score (nSPS) is 26.4. The Labute approximate surface area is 142 Å². The minimum absolute atomic E-state index is 0.0425. The van der Waals surface area contributed by atoms with Gasteiger partial charge in [-0.15, -0.1) is 0 Å². The summed E-state index contributed by atoms with van der Waals surface area (Å²) >= 11 is 0. The molecule has 0 saturated carbocycles. The molecule has 0 spiro atoms. The van der Waals surface area contributed by atoms with Gasteiger partial charge in [-0.25, -0.2) is 8.42 Å². The molecule has 4 rings (SSSR count). The lowest BCUT2D eigenvalue weighted by Gasteiger charge is -2.57. The van der Waals surface area contributed by atoms with Crippen LogP contribution in [0.4, 0.5) is 5.69 Å². The van der Waals surface area contributed by atoms with Crippen molar-refractivity contribution in [3.63, 3.8) is 0 Å². The van der Waals surface area contributed by atoms with E-state index in [2.05, 4.69) is 4.90 Å². The van der Waals surface area contributed by atoms with Crippen molar-refractivity contribution in [2.24, 2.45) is 0 Å². The minimum Gasteiger partial charge on any atom is -0.395 e. The second-order valence-electron chi connectivity index (χ2n) is 6.43. The highest BCUT2D eigenvalue weighted by molar-refractivity contribution is 7.89. The maximum atomic E-state index is 13.1. The standard InChI is InChI=1S/C18H20N2O3S/c1-19-11-16-18(14-9-5-6-10-15(14)19)17(12-21)20(16)24(22,23)13-7-3-2-4-8-13/h2-10,16-18,21H,11-12H2,1H3/t16-,17-,18+/m1/s1. The molecule has 5 nitrogen and oxygen atoms in total. The molecule has 0 amide bonds. The third-order valence-electron chi connectivity index (χ3n) is 5.16. The molecule has 0 radical (unpaired) electrons. The highest BCUT2D eigenvalue weighted by Gasteiger charge is 2.57. The van der Waals surface area contributed by atoms with E-state index in [9.17, 15) is 13.5 Å². The number of para-hydroxylation sites is 1. The summed E-state index contributed by atoms with van der Waals surface area (Å²) in [7, 11) is -1.63. The fourth-order valence-corrected chi connectivity index (χ4v) is 5.94. The Hall–Kier alpha value is -1.89. The number of likely N-dealkylation sites (N-methyl/N-ethyl adjacent to an activating group) is 1. The molecule has 2 aromatic carbocycles. The molecule has 1 saturated heterocycles. The smallest absolute Gasteiger partial charge is 0.243 e. The van der Waals surface area contributed by atoms with Gasteiger partial charge < -0.3 is 10.0 Å². The van der Waals surface area contributed by atoms with E-state index in [1.165, 1.54) is 4.31 Å². The van der Waals surface area contributed by atoms with Gasteiger partial charge in [-0.3, -0.25) is 0 Å². The quantitative estimate of drug-likeness (QED) is 0.920. The molecule has 126 valence electrons. The number of nitrogens with zero attached hydrogens (tertiary/aromatic N) is 2. The first kappa shape index (κ1) is 15.6. The molecule has 24 heavy (non-hydrogen) atoms. The van der Waals surface area contributed by atoms with Crippen LogP contribution in [-0.2, 0) is 10.0 Å². The Morgan fingerprint density at radius 3 is 2.46 bits per heavy atom. The first-order chi connectivity index (χ1) is 11.6. The number of hydrogen-bond acceptors (Lipinski definition) is 4. The summed E-state index contributed by atoms with van der Waals surface area (Å²) in [5.74, 6) is 0.0425. The van der Waals surface area contributed by atoms with Gasteiger partial charge in [0, 0.05) is 25.2 Å². The molecule has 1 N–H and O–H groups in total. The van der Waals surface area contributed by atoms with Crippen molar-refractivity contribution in [3.8, 4) is 0 Å². The van der Waals surface area contributed by atoms with Crippen LogP contribution < -0.4 is 4.90 Å². The number of hydrogen-bond donors (Lipinski definition) is 1. The highest BCUT2D eigenvalue weighted by atomic mass is 32.2. The predicted molar refractivity (Wildman–Crippen MR) is 92.6 cm³/mol. The molecule has 6 heteroatoms. The molecule has 2 heterocycles. The molecule has 0 unspecified atom stereocenters. The van der Waals surface area contributed by atoms with Crippen molar-refractivity contribution in [1.82, 2.24) is 4.31 Å². The summed E-state index contributed by atoms with van der Waals surface area (Å²) < 4.78 is 27.6. The Morgan fingerprint density at radius 2 is 1.75 bits per heavy atom. The van der Waals surface area contributed by atoms with Crippen LogP contribution in [0, 0.1) is 0 Å². The number of anilines is 1. The number of sulfonamides is 1. The van der Waals surface area contributed by atoms with E-state index < -0.39 is 16.1 Å². The molecule has 1 fully saturated rings. The van der Waals surface area contributed by atoms with E-state index >= 15 is 0 Å². The minimum atomic E-state index is -3.61. The summed E-state index contributed by atoms with van der Waals surface area (Å²) in [6.45, 7) is 0.454. The zero-order valence-corrected chi connectivity index (χ0v) is 14.2. The van der Waals surface area contributed by atoms with Crippen LogP contribution in [0.25, 0.3) is 0 Å². The second kappa shape index (κ2) is 5.58. The Kier molecular flexibility index (Phi) is 3.63. The van der Waals surface area contributed by atoms with E-state index in [1.807, 2.05) is 31.3 Å². The zero-order valence-electron chi connectivity index (χ0n) is 13.4. The molecular formula is C18H20N2O3S. The van der Waals surface area contributed by atoms with Crippen molar-refractivity contribution in [3.05, 3.63) is 60.2 Å². The third kappa shape index (κ3) is 2.10. The molecule has 3 atom stereocenters. The van der Waals surface area contributed by atoms with Crippen molar-refractivity contribution in [1.29, 1.82) is 0 Å². The van der Waals surface area contributed by atoms with Crippen LogP contribution in [0.2, 0.25) is 0 Å². The van der Waals surface area contributed by atoms with Crippen LogP contribution in [0.15, 0.2) is 59.5 Å². The van der Waals surface area contributed by atoms with Gasteiger partial charge in [0.15, 0.2) is 0 Å². The molecule has 0 aliphatic carbocycles. The molecule has 2 aliphatic heterocycles. The summed E-state index contributed by atoms with van der Waals surface area (Å²) in [6, 6.07) is 16.0. The summed E-state index contributed by atoms with van der Waals surface area (Å²) in [4.78, 5) is 2.38. The summed E-state index contributed by atoms with van der Waals surface area (Å²) in [5.41, 5.74) is 2.24.